The molecule has 186 valence electrons. The van der Waals surface area contributed by atoms with E-state index in [0.29, 0.717) is 24.7 Å². The summed E-state index contributed by atoms with van der Waals surface area (Å²) >= 11 is 0. The van der Waals surface area contributed by atoms with Crippen LogP contribution in [-0.2, 0) is 9.59 Å². The average Bonchev–Trinajstić information content (AvgIpc) is 3.31. The number of rotatable bonds is 0. The van der Waals surface area contributed by atoms with Crippen molar-refractivity contribution < 1.29 is 9.59 Å². The normalized spacial score (nSPS) is 34.0. The summed E-state index contributed by atoms with van der Waals surface area (Å²) < 4.78 is 0. The molecule has 9 aliphatic rings. The van der Waals surface area contributed by atoms with E-state index in [4.69, 9.17) is 0 Å². The van der Waals surface area contributed by atoms with Crippen LogP contribution in [0.4, 0.5) is 0 Å². The highest BCUT2D eigenvalue weighted by Crippen LogP contribution is 2.50. The highest BCUT2D eigenvalue weighted by Gasteiger charge is 2.43. The van der Waals surface area contributed by atoms with Crippen molar-refractivity contribution in [3.63, 3.8) is 0 Å². The predicted molar refractivity (Wildman–Crippen MR) is 149 cm³/mol. The molecule has 4 atom stereocenters. The molecule has 0 radical (unpaired) electrons. The Kier molecular flexibility index (Phi) is 4.24. The van der Waals surface area contributed by atoms with E-state index in [2.05, 4.69) is 60.8 Å². The van der Waals surface area contributed by atoms with E-state index in [0.717, 1.165) is 38.5 Å². The van der Waals surface area contributed by atoms with Crippen LogP contribution in [0.25, 0.3) is 0 Å². The summed E-state index contributed by atoms with van der Waals surface area (Å²) in [5, 5.41) is 0. The van der Waals surface area contributed by atoms with Gasteiger partial charge in [-0.3, -0.25) is 9.59 Å². The molecule has 8 bridgehead atoms. The maximum Gasteiger partial charge on any atom is 0.206 e. The van der Waals surface area contributed by atoms with Gasteiger partial charge in [-0.05, 0) is 96.0 Å². The average molecular weight is 495 g/mol. The summed E-state index contributed by atoms with van der Waals surface area (Å²) in [6.45, 7) is 0. The SMILES string of the molecule is O=C1C(=O)C2CC3=C4C=C2CC2=CC5=C(C=CC6CC7=C(C=C6C5)CC5=C(C=C7)CC(C=C3)C(=C5)C4)CC12. The fourth-order valence-corrected chi connectivity index (χ4v) is 8.51. The molecule has 0 amide bonds. The van der Waals surface area contributed by atoms with Crippen molar-refractivity contribution in [2.24, 2.45) is 23.7 Å². The lowest BCUT2D eigenvalue weighted by molar-refractivity contribution is -0.139. The topological polar surface area (TPSA) is 34.1 Å². The second-order valence-electron chi connectivity index (χ2n) is 12.7. The van der Waals surface area contributed by atoms with Crippen LogP contribution >= 0.6 is 0 Å². The summed E-state index contributed by atoms with van der Waals surface area (Å²) in [4.78, 5) is 27.4. The molecule has 1 saturated carbocycles. The third-order valence-electron chi connectivity index (χ3n) is 10.7. The minimum Gasteiger partial charge on any atom is -0.290 e. The molecule has 9 aliphatic carbocycles. The lowest BCUT2D eigenvalue weighted by Crippen LogP contribution is -2.30. The quantitative estimate of drug-likeness (QED) is 0.329. The van der Waals surface area contributed by atoms with Crippen molar-refractivity contribution in [2.75, 3.05) is 0 Å². The van der Waals surface area contributed by atoms with Crippen LogP contribution in [-0.4, -0.2) is 11.6 Å². The van der Waals surface area contributed by atoms with Gasteiger partial charge >= 0.3 is 0 Å². The highest BCUT2D eigenvalue weighted by atomic mass is 16.2. The van der Waals surface area contributed by atoms with Gasteiger partial charge in [-0.1, -0.05) is 83.1 Å². The molecule has 38 heavy (non-hydrogen) atoms. The summed E-state index contributed by atoms with van der Waals surface area (Å²) in [6.07, 6.45) is 30.9. The standard InChI is InChI=1S/C36H30O2/c37-35-33-17-23-5-3-21-7-19-1-2-20-8-22-4-6-24-18-34(36(35)38)32-15-30(24)13-28(22)11-26(20)9-25(19)10-27(21)12-29(23)14-31(33)16-32/h1-6,10-11,14-15,21-22,33-34H,7-9,12-13,16-18H2. The lowest BCUT2D eigenvalue weighted by atomic mass is 9.76. The van der Waals surface area contributed by atoms with Gasteiger partial charge in [0.1, 0.15) is 0 Å². The van der Waals surface area contributed by atoms with Crippen LogP contribution < -0.4 is 0 Å². The molecule has 0 N–H and O–H groups in total. The van der Waals surface area contributed by atoms with Crippen molar-refractivity contribution in [1.29, 1.82) is 0 Å². The molecule has 0 aromatic heterocycles. The minimum absolute atomic E-state index is 0.161. The van der Waals surface area contributed by atoms with Crippen molar-refractivity contribution in [3.8, 4) is 0 Å². The Balaban J connectivity index is 1.28. The Hall–Kier alpha value is -3.52. The van der Waals surface area contributed by atoms with Gasteiger partial charge in [0, 0.05) is 11.8 Å². The molecule has 2 nitrogen and oxygen atoms in total. The number of Topliss-reactive ketones (excluding diaryl/α,β-unsaturated/α-hetero) is 2. The molecule has 9 rings (SSSR count). The Labute approximate surface area is 223 Å². The monoisotopic (exact) mass is 494 g/mol. The van der Waals surface area contributed by atoms with E-state index < -0.39 is 0 Å². The van der Waals surface area contributed by atoms with E-state index in [1.54, 1.807) is 0 Å². The molecule has 0 saturated heterocycles. The summed E-state index contributed by atoms with van der Waals surface area (Å²) in [6, 6.07) is 0. The van der Waals surface area contributed by atoms with Crippen LogP contribution in [0.2, 0.25) is 0 Å². The first-order valence-electron chi connectivity index (χ1n) is 14.4. The van der Waals surface area contributed by atoms with E-state index in [9.17, 15) is 9.59 Å². The van der Waals surface area contributed by atoms with Crippen LogP contribution in [0.3, 0.4) is 0 Å². The van der Waals surface area contributed by atoms with Gasteiger partial charge in [-0.2, -0.15) is 0 Å². The first kappa shape index (κ1) is 21.4. The van der Waals surface area contributed by atoms with Crippen LogP contribution in [0.1, 0.15) is 51.4 Å². The second-order valence-corrected chi connectivity index (χ2v) is 12.7. The molecule has 0 heterocycles. The largest absolute Gasteiger partial charge is 0.290 e. The van der Waals surface area contributed by atoms with Gasteiger partial charge in [0.25, 0.3) is 0 Å². The number of allylic oxidation sites excluding steroid dienone is 22. The van der Waals surface area contributed by atoms with Crippen molar-refractivity contribution in [1.82, 2.24) is 0 Å². The highest BCUT2D eigenvalue weighted by molar-refractivity contribution is 6.40. The second kappa shape index (κ2) is 7.53. The molecule has 0 aliphatic heterocycles. The first-order chi connectivity index (χ1) is 18.6. The molecule has 1 fully saturated rings. The van der Waals surface area contributed by atoms with E-state index >= 15 is 0 Å². The van der Waals surface area contributed by atoms with E-state index in [1.807, 2.05) is 0 Å². The third kappa shape index (κ3) is 3.01. The zero-order valence-corrected chi connectivity index (χ0v) is 21.6. The van der Waals surface area contributed by atoms with Crippen LogP contribution in [0.15, 0.2) is 128 Å². The van der Waals surface area contributed by atoms with E-state index in [-0.39, 0.29) is 23.4 Å². The van der Waals surface area contributed by atoms with Gasteiger partial charge in [0.15, 0.2) is 0 Å². The number of ketones is 2. The zero-order chi connectivity index (χ0) is 25.1. The Morgan fingerprint density at radius 2 is 0.842 bits per heavy atom. The Bertz CT molecular complexity index is 1520. The number of carbonyl (C=O) groups is 2. The summed E-state index contributed by atoms with van der Waals surface area (Å²) in [5.41, 5.74) is 16.5. The molecule has 0 spiro atoms. The lowest BCUT2D eigenvalue weighted by Gasteiger charge is -2.28. The van der Waals surface area contributed by atoms with Crippen molar-refractivity contribution in [3.05, 3.63) is 128 Å². The van der Waals surface area contributed by atoms with Crippen molar-refractivity contribution >= 4 is 11.6 Å². The molecular formula is C36H30O2. The number of hydrogen-bond acceptors (Lipinski definition) is 2. The summed E-state index contributed by atoms with van der Waals surface area (Å²) in [5.74, 6) is -0.105. The first-order valence-corrected chi connectivity index (χ1v) is 14.4. The Morgan fingerprint density at radius 1 is 0.421 bits per heavy atom. The third-order valence-corrected chi connectivity index (χ3v) is 10.7. The molecular weight excluding hydrogens is 464 g/mol. The maximum atomic E-state index is 13.7. The van der Waals surface area contributed by atoms with Crippen LogP contribution in [0.5, 0.6) is 0 Å². The molecule has 0 aromatic carbocycles. The van der Waals surface area contributed by atoms with Crippen molar-refractivity contribution in [2.45, 2.75) is 51.4 Å². The van der Waals surface area contributed by atoms with Gasteiger partial charge in [0.05, 0.1) is 11.8 Å². The number of carbonyl (C=O) groups excluding carboxylic acids is 2. The fourth-order valence-electron chi connectivity index (χ4n) is 8.51. The fraction of sp³-hybridized carbons (Fsp3) is 0.333. The van der Waals surface area contributed by atoms with Gasteiger partial charge in [0.2, 0.25) is 11.6 Å². The van der Waals surface area contributed by atoms with Gasteiger partial charge < -0.3 is 0 Å². The Morgan fingerprint density at radius 3 is 1.34 bits per heavy atom. The molecule has 0 aromatic rings. The van der Waals surface area contributed by atoms with Gasteiger partial charge in [-0.15, -0.1) is 0 Å². The molecule has 2 heteroatoms. The summed E-state index contributed by atoms with van der Waals surface area (Å²) in [7, 11) is 0. The molecule has 4 unspecified atom stereocenters. The zero-order valence-electron chi connectivity index (χ0n) is 21.6. The van der Waals surface area contributed by atoms with Crippen LogP contribution in [0, 0.1) is 23.7 Å². The maximum absolute atomic E-state index is 13.7. The van der Waals surface area contributed by atoms with E-state index in [1.165, 1.54) is 66.9 Å². The minimum atomic E-state index is -0.296. The predicted octanol–water partition coefficient (Wildman–Crippen LogP) is 7.39. The number of hydrogen-bond donors (Lipinski definition) is 0. The smallest absolute Gasteiger partial charge is 0.206 e. The van der Waals surface area contributed by atoms with Gasteiger partial charge in [-0.25, -0.2) is 0 Å².